The Hall–Kier alpha value is -0.0400. The summed E-state index contributed by atoms with van der Waals surface area (Å²) in [6.07, 6.45) is 8.76. The van der Waals surface area contributed by atoms with E-state index in [1.165, 1.54) is 38.5 Å². The van der Waals surface area contributed by atoms with Gasteiger partial charge in [-0.3, -0.25) is 0 Å². The maximum atomic E-state index is 3.72. The van der Waals surface area contributed by atoms with Gasteiger partial charge in [0.2, 0.25) is 0 Å². The fourth-order valence-electron chi connectivity index (χ4n) is 2.69. The second-order valence-electron chi connectivity index (χ2n) is 4.30. The Kier molecular flexibility index (Phi) is 2.17. The first-order valence-electron chi connectivity index (χ1n) is 5.12. The molecule has 1 N–H and O–H groups in total. The summed E-state index contributed by atoms with van der Waals surface area (Å²) in [5.41, 5.74) is 0. The first-order valence-corrected chi connectivity index (χ1v) is 5.12. The zero-order valence-corrected chi connectivity index (χ0v) is 7.47. The van der Waals surface area contributed by atoms with E-state index in [4.69, 9.17) is 0 Å². The van der Waals surface area contributed by atoms with E-state index < -0.39 is 0 Å². The summed E-state index contributed by atoms with van der Waals surface area (Å²) < 4.78 is 0. The maximum Gasteiger partial charge on any atom is 1.00 e. The Morgan fingerprint density at radius 1 is 1.09 bits per heavy atom. The van der Waals surface area contributed by atoms with Crippen LogP contribution in [-0.4, -0.2) is 12.1 Å². The van der Waals surface area contributed by atoms with Crippen molar-refractivity contribution in [1.29, 1.82) is 0 Å². The summed E-state index contributed by atoms with van der Waals surface area (Å²) >= 11 is 0. The van der Waals surface area contributed by atoms with Crippen molar-refractivity contribution >= 4 is 0 Å². The van der Waals surface area contributed by atoms with E-state index in [1.807, 2.05) is 0 Å². The molecule has 1 nitrogen and oxygen atoms in total. The first-order chi connectivity index (χ1) is 5.36. The topological polar surface area (TPSA) is 12.0 Å². The molecule has 0 bridgehead atoms. The molecule has 2 rings (SSSR count). The van der Waals surface area contributed by atoms with Gasteiger partial charge in [-0.15, -0.1) is 0 Å². The second-order valence-corrected chi connectivity index (χ2v) is 4.30. The quantitative estimate of drug-likeness (QED) is 0.565. The molecule has 1 saturated heterocycles. The lowest BCUT2D eigenvalue weighted by atomic mass is 9.78. The Labute approximate surface area is 71.0 Å². The Morgan fingerprint density at radius 3 is 2.82 bits per heavy atom. The molecule has 0 spiro atoms. The third kappa shape index (κ3) is 1.58. The second kappa shape index (κ2) is 3.14. The number of nitrogens with one attached hydrogen (secondary N) is 1. The summed E-state index contributed by atoms with van der Waals surface area (Å²) in [6, 6.07) is 1.67. The van der Waals surface area contributed by atoms with Gasteiger partial charge < -0.3 is 5.32 Å². The van der Waals surface area contributed by atoms with Gasteiger partial charge in [-0.25, -0.2) is 0 Å². The van der Waals surface area contributed by atoms with Gasteiger partial charge in [0.05, 0.1) is 0 Å². The lowest BCUT2D eigenvalue weighted by molar-refractivity contribution is 0.182. The van der Waals surface area contributed by atoms with Gasteiger partial charge >= 0.3 is 1.43 Å². The molecule has 2 aliphatic rings. The van der Waals surface area contributed by atoms with Crippen molar-refractivity contribution in [3.8, 4) is 0 Å². The van der Waals surface area contributed by atoms with Crippen LogP contribution in [-0.2, 0) is 0 Å². The van der Waals surface area contributed by atoms with Crippen LogP contribution in [0.25, 0.3) is 0 Å². The summed E-state index contributed by atoms with van der Waals surface area (Å²) in [5.74, 6) is 1.03. The number of hydrogen-bond acceptors (Lipinski definition) is 1. The van der Waals surface area contributed by atoms with Gasteiger partial charge in [-0.2, -0.15) is 0 Å². The molecule has 2 fully saturated rings. The average Bonchev–Trinajstić information content (AvgIpc) is 2.04. The molecular weight excluding hydrogens is 134 g/mol. The minimum atomic E-state index is 0. The monoisotopic (exact) mass is 154 g/mol. The van der Waals surface area contributed by atoms with Crippen molar-refractivity contribution < 1.29 is 1.43 Å². The first kappa shape index (κ1) is 7.60. The fraction of sp³-hybridized carbons (Fsp3) is 1.00. The van der Waals surface area contributed by atoms with Gasteiger partial charge in [0.1, 0.15) is 0 Å². The molecular formula is C10H20N+. The minimum absolute atomic E-state index is 0. The van der Waals surface area contributed by atoms with Crippen LogP contribution in [0.5, 0.6) is 0 Å². The highest BCUT2D eigenvalue weighted by molar-refractivity contribution is 4.87. The SMILES string of the molecule is CC1CCC2CCCCC2N1.[H+]. The zero-order chi connectivity index (χ0) is 7.68. The highest BCUT2D eigenvalue weighted by Crippen LogP contribution is 2.31. The number of hydrogen-bond donors (Lipinski definition) is 1. The molecule has 0 aromatic rings. The van der Waals surface area contributed by atoms with E-state index in [0.717, 1.165) is 18.0 Å². The molecule has 0 amide bonds. The van der Waals surface area contributed by atoms with Crippen molar-refractivity contribution in [2.75, 3.05) is 0 Å². The highest BCUT2D eigenvalue weighted by Gasteiger charge is 2.29. The zero-order valence-electron chi connectivity index (χ0n) is 8.47. The van der Waals surface area contributed by atoms with Gasteiger partial charge in [-0.1, -0.05) is 12.8 Å². The molecule has 0 aromatic heterocycles. The van der Waals surface area contributed by atoms with Crippen LogP contribution >= 0.6 is 0 Å². The molecule has 11 heavy (non-hydrogen) atoms. The Balaban J connectivity index is 0.000000720. The van der Waals surface area contributed by atoms with Gasteiger partial charge in [-0.05, 0) is 38.5 Å². The van der Waals surface area contributed by atoms with Crippen LogP contribution in [0, 0.1) is 5.92 Å². The van der Waals surface area contributed by atoms with Gasteiger partial charge in [0.25, 0.3) is 0 Å². The third-order valence-electron chi connectivity index (χ3n) is 3.38. The number of piperidine rings is 1. The van der Waals surface area contributed by atoms with Crippen molar-refractivity contribution in [2.24, 2.45) is 5.92 Å². The van der Waals surface area contributed by atoms with Crippen LogP contribution in [0.1, 0.15) is 46.9 Å². The van der Waals surface area contributed by atoms with E-state index in [0.29, 0.717) is 0 Å². The third-order valence-corrected chi connectivity index (χ3v) is 3.38. The van der Waals surface area contributed by atoms with E-state index in [-0.39, 0.29) is 1.43 Å². The molecule has 64 valence electrons. The Bertz CT molecular complexity index is 138. The smallest absolute Gasteiger partial charge is 0.311 e. The summed E-state index contributed by atoms with van der Waals surface area (Å²) in [4.78, 5) is 0. The van der Waals surface area contributed by atoms with Gasteiger partial charge in [0.15, 0.2) is 0 Å². The van der Waals surface area contributed by atoms with Crippen molar-refractivity contribution in [1.82, 2.24) is 5.32 Å². The van der Waals surface area contributed by atoms with Crippen LogP contribution in [0.15, 0.2) is 0 Å². The van der Waals surface area contributed by atoms with Crippen molar-refractivity contribution in [3.05, 3.63) is 0 Å². The molecule has 0 aromatic carbocycles. The molecule has 3 unspecified atom stereocenters. The van der Waals surface area contributed by atoms with E-state index in [2.05, 4.69) is 12.2 Å². The Morgan fingerprint density at radius 2 is 1.91 bits per heavy atom. The van der Waals surface area contributed by atoms with Crippen LogP contribution in [0.2, 0.25) is 0 Å². The van der Waals surface area contributed by atoms with Crippen molar-refractivity contribution in [2.45, 2.75) is 57.5 Å². The molecule has 1 aliphatic carbocycles. The summed E-state index contributed by atoms with van der Waals surface area (Å²) in [6.45, 7) is 2.32. The number of fused-ring (bicyclic) bond motifs is 1. The maximum absolute atomic E-state index is 3.72. The van der Waals surface area contributed by atoms with E-state index in [9.17, 15) is 0 Å². The molecule has 1 heterocycles. The molecule has 1 saturated carbocycles. The van der Waals surface area contributed by atoms with Crippen LogP contribution in [0.3, 0.4) is 0 Å². The summed E-state index contributed by atoms with van der Waals surface area (Å²) in [7, 11) is 0. The lowest BCUT2D eigenvalue weighted by Gasteiger charge is -2.39. The van der Waals surface area contributed by atoms with E-state index in [1.54, 1.807) is 0 Å². The molecule has 0 radical (unpaired) electrons. The largest absolute Gasteiger partial charge is 1.00 e. The molecule has 1 aliphatic heterocycles. The predicted molar refractivity (Wildman–Crippen MR) is 48.7 cm³/mol. The van der Waals surface area contributed by atoms with Crippen molar-refractivity contribution in [3.63, 3.8) is 0 Å². The lowest BCUT2D eigenvalue weighted by Crippen LogP contribution is -2.47. The standard InChI is InChI=1S/C10H19N/c1-8-6-7-9-4-2-3-5-10(9)11-8/h8-11H,2-7H2,1H3/p+1. The number of rotatable bonds is 0. The van der Waals surface area contributed by atoms with Crippen LogP contribution in [0.4, 0.5) is 0 Å². The minimum Gasteiger partial charge on any atom is -0.311 e. The molecule has 1 heteroatoms. The normalized spacial score (nSPS) is 45.0. The highest BCUT2D eigenvalue weighted by atomic mass is 15.0. The molecule has 3 atom stereocenters. The van der Waals surface area contributed by atoms with E-state index >= 15 is 0 Å². The fourth-order valence-corrected chi connectivity index (χ4v) is 2.69. The predicted octanol–water partition coefficient (Wildman–Crippen LogP) is 2.43. The average molecular weight is 154 g/mol. The van der Waals surface area contributed by atoms with Crippen LogP contribution < -0.4 is 5.32 Å². The summed E-state index contributed by atoms with van der Waals surface area (Å²) in [5, 5.41) is 3.72. The van der Waals surface area contributed by atoms with Gasteiger partial charge in [0, 0.05) is 12.1 Å².